The molecule has 0 aliphatic carbocycles. The molecule has 0 aliphatic rings. The zero-order valence-corrected chi connectivity index (χ0v) is 6.71. The Morgan fingerprint density at radius 3 is 1.33 bits per heavy atom. The first-order chi connectivity index (χ1) is 1.73. The van der Waals surface area contributed by atoms with E-state index in [0.29, 0.717) is 0 Å². The Bertz CT molecular complexity index is 59.2. The van der Waals surface area contributed by atoms with Crippen molar-refractivity contribution in [3.8, 4) is 0 Å². The third kappa shape index (κ3) is 123. The zero-order valence-electron chi connectivity index (χ0n) is 3.08. The van der Waals surface area contributed by atoms with Crippen molar-refractivity contribution in [3.63, 3.8) is 0 Å². The molecule has 0 aromatic carbocycles. The van der Waals surface area contributed by atoms with E-state index in [1.54, 1.807) is 0 Å². The van der Waals surface area contributed by atoms with Crippen LogP contribution in [-0.2, 0) is 19.4 Å². The van der Waals surface area contributed by atoms with E-state index in [0.717, 1.165) is 0 Å². The Morgan fingerprint density at radius 1 is 1.33 bits per heavy atom. The van der Waals surface area contributed by atoms with Gasteiger partial charge in [-0.15, -0.1) is 12.4 Å². The molecule has 0 amide bonds. The maximum absolute atomic E-state index is 8.56. The fourth-order valence-electron chi connectivity index (χ4n) is 0. The van der Waals surface area contributed by atoms with E-state index < -0.39 is 11.0 Å². The molecule has 0 unspecified atom stereocenters. The molecule has 0 saturated heterocycles. The first kappa shape index (κ1) is 15.9. The normalized spacial score (nSPS) is 5.67. The van der Waals surface area contributed by atoms with E-state index in [4.69, 9.17) is 13.0 Å². The summed E-state index contributed by atoms with van der Waals surface area (Å²) in [6.45, 7) is 0. The molecule has 3 nitrogen and oxygen atoms in total. The molecule has 6 heteroatoms. The Morgan fingerprint density at radius 2 is 1.33 bits per heavy atom. The summed E-state index contributed by atoms with van der Waals surface area (Å²) in [5, 5.41) is 0. The third-order valence-corrected chi connectivity index (χ3v) is 0. The molecule has 0 bridgehead atoms. The van der Waals surface area contributed by atoms with E-state index in [-0.39, 0.29) is 29.8 Å². The van der Waals surface area contributed by atoms with Gasteiger partial charge in [-0.05, 0) is 0 Å². The van der Waals surface area contributed by atoms with Crippen LogP contribution in [-0.4, -0.2) is 21.9 Å². The van der Waals surface area contributed by atoms with E-state index in [1.165, 1.54) is 0 Å². The van der Waals surface area contributed by atoms with Crippen molar-refractivity contribution in [1.82, 2.24) is 0 Å². The molecule has 0 spiro atoms. The van der Waals surface area contributed by atoms with Gasteiger partial charge in [-0.1, -0.05) is 0 Å². The summed E-state index contributed by atoms with van der Waals surface area (Å²) in [5.41, 5.74) is 0. The van der Waals surface area contributed by atoms with Gasteiger partial charge in [0.25, 0.3) is 0 Å². The predicted octanol–water partition coefficient (Wildman–Crippen LogP) is -0.726. The molecule has 6 heavy (non-hydrogen) atoms. The van der Waals surface area contributed by atoms with Crippen LogP contribution in [0, 0.1) is 0 Å². The molecule has 0 heterocycles. The molecular formula is H4AlClO3S. The molecule has 0 aromatic heterocycles. The molecule has 1 N–H and O–H groups in total. The summed E-state index contributed by atoms with van der Waals surface area (Å²) in [7, 11) is -2.86. The van der Waals surface area contributed by atoms with Crippen molar-refractivity contribution in [2.45, 2.75) is 0 Å². The van der Waals surface area contributed by atoms with E-state index in [9.17, 15) is 0 Å². The van der Waals surface area contributed by atoms with Crippen LogP contribution < -0.4 is 0 Å². The van der Waals surface area contributed by atoms with Crippen LogP contribution in [0.2, 0.25) is 0 Å². The second-order valence-electron chi connectivity index (χ2n) is 0.217. The quantitative estimate of drug-likeness (QED) is 0.212. The number of rotatable bonds is 0. The number of halogens is 1. The van der Waals surface area contributed by atoms with Crippen LogP contribution in [0.5, 0.6) is 0 Å². The van der Waals surface area contributed by atoms with Crippen molar-refractivity contribution in [1.29, 1.82) is 0 Å². The summed E-state index contributed by atoms with van der Waals surface area (Å²) in [6.07, 6.45) is 0. The predicted molar refractivity (Wildman–Crippen MR) is 27.2 cm³/mol. The standard InChI is InChI=1S/Al.ClH.HO3S.2H/c;;1-4(2)3;;/h;1H;(H,1,2,3);;/q+1;;-1;;. The molecule has 38 valence electrons. The summed E-state index contributed by atoms with van der Waals surface area (Å²) >= 11 is 0. The Kier molecular flexibility index (Phi) is 24.4. The Balaban J connectivity index is -0.0000000450. The van der Waals surface area contributed by atoms with Gasteiger partial charge in [0.15, 0.2) is 0 Å². The molecule has 0 rings (SSSR count). The molecule has 0 saturated carbocycles. The van der Waals surface area contributed by atoms with Gasteiger partial charge >= 0.3 is 17.4 Å². The average molecular weight is 147 g/mol. The molecule has 0 aromatic rings. The van der Waals surface area contributed by atoms with Gasteiger partial charge in [-0.3, -0.25) is 0 Å². The molecule has 0 radical (unpaired) electrons. The van der Waals surface area contributed by atoms with Gasteiger partial charge in [-0.2, -0.15) is 0 Å². The number of hydrogen-bond acceptors (Lipinski definition) is 3. The minimum absolute atomic E-state index is 0. The minimum atomic E-state index is -2.86. The van der Waals surface area contributed by atoms with Gasteiger partial charge in [0, 0.05) is 11.0 Å². The topological polar surface area (TPSA) is 54.4 Å². The van der Waals surface area contributed by atoms with Gasteiger partial charge < -0.3 is 13.0 Å². The average Bonchev–Trinajstić information content (AvgIpc) is 0.811. The molecule has 0 aliphatic heterocycles. The van der Waals surface area contributed by atoms with Gasteiger partial charge in [0.2, 0.25) is 0 Å². The first-order valence-electron chi connectivity index (χ1n) is 0.516. The van der Waals surface area contributed by atoms with Gasteiger partial charge in [0.05, 0.1) is 0 Å². The SMILES string of the molecule is Cl.O=[S-](=O)O.[AlH2+]. The first-order valence-corrected chi connectivity index (χ1v) is 1.55. The second kappa shape index (κ2) is 9.22. The van der Waals surface area contributed by atoms with Gasteiger partial charge in [0.1, 0.15) is 0 Å². The second-order valence-corrected chi connectivity index (χ2v) is 0.651. The van der Waals surface area contributed by atoms with E-state index in [1.807, 2.05) is 0 Å². The van der Waals surface area contributed by atoms with Crippen LogP contribution in [0.15, 0.2) is 0 Å². The van der Waals surface area contributed by atoms with Crippen LogP contribution in [0.1, 0.15) is 0 Å². The number of hydrogen-bond donors (Lipinski definition) is 1. The molecular weight excluding hydrogens is 142 g/mol. The zero-order chi connectivity index (χ0) is 3.58. The maximum atomic E-state index is 8.56. The molecule has 0 fully saturated rings. The molecule has 0 atom stereocenters. The third-order valence-electron chi connectivity index (χ3n) is 0. The Hall–Kier alpha value is 0.732. The summed E-state index contributed by atoms with van der Waals surface area (Å²) in [6, 6.07) is 0. The van der Waals surface area contributed by atoms with Crippen molar-refractivity contribution < 1.29 is 13.0 Å². The van der Waals surface area contributed by atoms with E-state index >= 15 is 0 Å². The van der Waals surface area contributed by atoms with Crippen molar-refractivity contribution in [3.05, 3.63) is 0 Å². The fourth-order valence-corrected chi connectivity index (χ4v) is 0. The Labute approximate surface area is 54.1 Å². The van der Waals surface area contributed by atoms with E-state index in [2.05, 4.69) is 0 Å². The van der Waals surface area contributed by atoms with Gasteiger partial charge in [-0.25, -0.2) is 0 Å². The summed E-state index contributed by atoms with van der Waals surface area (Å²) in [5.74, 6) is 0. The monoisotopic (exact) mass is 146 g/mol. The van der Waals surface area contributed by atoms with Crippen LogP contribution in [0.4, 0.5) is 0 Å². The van der Waals surface area contributed by atoms with Crippen LogP contribution >= 0.6 is 12.4 Å². The van der Waals surface area contributed by atoms with Crippen molar-refractivity contribution in [2.75, 3.05) is 0 Å². The summed E-state index contributed by atoms with van der Waals surface area (Å²) in [4.78, 5) is 0. The summed E-state index contributed by atoms with van der Waals surface area (Å²) < 4.78 is 24.1. The fraction of sp³-hybridized carbons (Fsp3) is 0. The van der Waals surface area contributed by atoms with Crippen molar-refractivity contribution >= 4 is 40.8 Å². The van der Waals surface area contributed by atoms with Crippen molar-refractivity contribution in [2.24, 2.45) is 0 Å². The van der Waals surface area contributed by atoms with Crippen LogP contribution in [0.25, 0.3) is 0 Å². The van der Waals surface area contributed by atoms with Crippen LogP contribution in [0.3, 0.4) is 0 Å².